The van der Waals surface area contributed by atoms with Gasteiger partial charge in [-0.2, -0.15) is 0 Å². The topological polar surface area (TPSA) is 64.2 Å². The molecule has 1 saturated heterocycles. The van der Waals surface area contributed by atoms with E-state index in [4.69, 9.17) is 4.42 Å². The molecule has 34 heavy (non-hydrogen) atoms. The van der Waals surface area contributed by atoms with Crippen molar-refractivity contribution >= 4 is 17.7 Å². The van der Waals surface area contributed by atoms with Crippen molar-refractivity contribution < 1.29 is 9.21 Å². The predicted octanol–water partition coefficient (Wildman–Crippen LogP) is 5.41. The molecule has 0 N–H and O–H groups in total. The summed E-state index contributed by atoms with van der Waals surface area (Å²) in [4.78, 5) is 15.0. The van der Waals surface area contributed by atoms with E-state index in [9.17, 15) is 4.79 Å². The fourth-order valence-electron chi connectivity index (χ4n) is 4.41. The molecule has 0 saturated carbocycles. The molecule has 3 heterocycles. The van der Waals surface area contributed by atoms with E-state index < -0.39 is 0 Å². The van der Waals surface area contributed by atoms with Crippen LogP contribution < -0.4 is 0 Å². The van der Waals surface area contributed by atoms with Crippen molar-refractivity contribution in [3.05, 3.63) is 84.1 Å². The lowest BCUT2D eigenvalue weighted by Gasteiger charge is -2.32. The summed E-state index contributed by atoms with van der Waals surface area (Å²) in [6.07, 6.45) is 4.81. The van der Waals surface area contributed by atoms with Gasteiger partial charge < -0.3 is 9.32 Å². The molecule has 0 bridgehead atoms. The molecule has 0 radical (unpaired) electrons. The van der Waals surface area contributed by atoms with Crippen LogP contribution in [-0.4, -0.2) is 44.4 Å². The van der Waals surface area contributed by atoms with E-state index in [1.54, 1.807) is 6.26 Å². The third kappa shape index (κ3) is 5.09. The second-order valence-corrected chi connectivity index (χ2v) is 9.70. The molecule has 174 valence electrons. The molecular weight excluding hydrogens is 444 g/mol. The van der Waals surface area contributed by atoms with Gasteiger partial charge in [-0.1, -0.05) is 59.8 Å². The van der Waals surface area contributed by atoms with Crippen molar-refractivity contribution in [2.75, 3.05) is 18.8 Å². The lowest BCUT2D eigenvalue weighted by Crippen LogP contribution is -2.39. The number of likely N-dealkylation sites (tertiary alicyclic amines) is 1. The van der Waals surface area contributed by atoms with Gasteiger partial charge in [-0.05, 0) is 61.9 Å². The van der Waals surface area contributed by atoms with Crippen LogP contribution in [0.1, 0.15) is 24.0 Å². The number of hydrogen-bond acceptors (Lipinski definition) is 5. The molecule has 6 nitrogen and oxygen atoms in total. The van der Waals surface area contributed by atoms with Crippen LogP contribution in [0.3, 0.4) is 0 Å². The SMILES string of the molecule is Cc1ccc(-n2c(SCC(=O)N3CCC(Cc4ccccc4)CC3)nnc2-c2ccco2)cc1. The molecule has 1 amide bonds. The Hall–Kier alpha value is -3.32. The second-order valence-electron chi connectivity index (χ2n) is 8.76. The van der Waals surface area contributed by atoms with Gasteiger partial charge in [0.05, 0.1) is 12.0 Å². The molecule has 2 aromatic carbocycles. The maximum Gasteiger partial charge on any atom is 0.233 e. The molecule has 7 heteroatoms. The molecular formula is C27H28N4O2S. The standard InChI is InChI=1S/C27H28N4O2S/c1-20-9-11-23(12-10-20)31-26(24-8-5-17-33-24)28-29-27(31)34-19-25(32)30-15-13-22(14-16-30)18-21-6-3-2-4-7-21/h2-12,17,22H,13-16,18-19H2,1H3. The highest BCUT2D eigenvalue weighted by Gasteiger charge is 2.24. The normalized spacial score (nSPS) is 14.4. The van der Waals surface area contributed by atoms with Crippen molar-refractivity contribution in [2.45, 2.75) is 31.3 Å². The van der Waals surface area contributed by atoms with Crippen LogP contribution in [-0.2, 0) is 11.2 Å². The number of carbonyl (C=O) groups is 1. The number of hydrogen-bond donors (Lipinski definition) is 0. The molecule has 1 aliphatic rings. The zero-order valence-electron chi connectivity index (χ0n) is 19.3. The molecule has 5 rings (SSSR count). The van der Waals surface area contributed by atoms with Gasteiger partial charge in [0.15, 0.2) is 10.9 Å². The number of benzene rings is 2. The summed E-state index contributed by atoms with van der Waals surface area (Å²) in [5, 5.41) is 9.45. The first kappa shape index (κ1) is 22.5. The lowest BCUT2D eigenvalue weighted by atomic mass is 9.90. The Morgan fingerprint density at radius 3 is 2.47 bits per heavy atom. The number of amides is 1. The van der Waals surface area contributed by atoms with E-state index in [1.165, 1.54) is 22.9 Å². The van der Waals surface area contributed by atoms with Crippen LogP contribution in [0.15, 0.2) is 82.6 Å². The average molecular weight is 473 g/mol. The average Bonchev–Trinajstić information content (AvgIpc) is 3.54. The van der Waals surface area contributed by atoms with Gasteiger partial charge in [0.25, 0.3) is 0 Å². The van der Waals surface area contributed by atoms with E-state index in [0.717, 1.165) is 38.0 Å². The smallest absolute Gasteiger partial charge is 0.233 e. The van der Waals surface area contributed by atoms with Crippen LogP contribution in [0, 0.1) is 12.8 Å². The van der Waals surface area contributed by atoms with E-state index in [-0.39, 0.29) is 5.91 Å². The fraction of sp³-hybridized carbons (Fsp3) is 0.296. The molecule has 0 atom stereocenters. The largest absolute Gasteiger partial charge is 0.461 e. The van der Waals surface area contributed by atoms with E-state index in [1.807, 2.05) is 33.7 Å². The number of furan rings is 1. The van der Waals surface area contributed by atoms with E-state index in [2.05, 4.69) is 59.6 Å². The lowest BCUT2D eigenvalue weighted by molar-refractivity contribution is -0.129. The minimum absolute atomic E-state index is 0.154. The van der Waals surface area contributed by atoms with Crippen LogP contribution in [0.25, 0.3) is 17.3 Å². The first-order valence-corrected chi connectivity index (χ1v) is 12.7. The third-order valence-electron chi connectivity index (χ3n) is 6.33. The van der Waals surface area contributed by atoms with E-state index >= 15 is 0 Å². The Labute approximate surface area is 204 Å². The number of rotatable bonds is 7. The van der Waals surface area contributed by atoms with Crippen molar-refractivity contribution in [1.82, 2.24) is 19.7 Å². The third-order valence-corrected chi connectivity index (χ3v) is 7.24. The number of piperidine rings is 1. The van der Waals surface area contributed by atoms with Crippen molar-refractivity contribution in [3.63, 3.8) is 0 Å². The number of thioether (sulfide) groups is 1. The first-order valence-electron chi connectivity index (χ1n) is 11.7. The fourth-order valence-corrected chi connectivity index (χ4v) is 5.26. The summed E-state index contributed by atoms with van der Waals surface area (Å²) < 4.78 is 7.54. The Morgan fingerprint density at radius 1 is 1.00 bits per heavy atom. The number of aromatic nitrogens is 3. The van der Waals surface area contributed by atoms with Crippen LogP contribution in [0.4, 0.5) is 0 Å². The molecule has 0 unspecified atom stereocenters. The molecule has 0 aliphatic carbocycles. The van der Waals surface area contributed by atoms with Gasteiger partial charge >= 0.3 is 0 Å². The summed E-state index contributed by atoms with van der Waals surface area (Å²) >= 11 is 1.43. The van der Waals surface area contributed by atoms with E-state index in [0.29, 0.717) is 28.4 Å². The Balaban J connectivity index is 1.24. The molecule has 2 aromatic heterocycles. The minimum Gasteiger partial charge on any atom is -0.461 e. The van der Waals surface area contributed by atoms with Crippen LogP contribution >= 0.6 is 11.8 Å². The quantitative estimate of drug-likeness (QED) is 0.337. The molecule has 1 fully saturated rings. The number of aryl methyl sites for hydroxylation is 1. The summed E-state index contributed by atoms with van der Waals surface area (Å²) in [5.74, 6) is 2.41. The van der Waals surface area contributed by atoms with Crippen molar-refractivity contribution in [1.29, 1.82) is 0 Å². The summed E-state index contributed by atoms with van der Waals surface area (Å²) in [6, 6.07) is 22.5. The first-order chi connectivity index (χ1) is 16.7. The van der Waals surface area contributed by atoms with Crippen molar-refractivity contribution in [2.24, 2.45) is 5.92 Å². The monoisotopic (exact) mass is 472 g/mol. The highest BCUT2D eigenvalue weighted by Crippen LogP contribution is 2.29. The van der Waals surface area contributed by atoms with Crippen molar-refractivity contribution in [3.8, 4) is 17.3 Å². The van der Waals surface area contributed by atoms with Crippen LogP contribution in [0.5, 0.6) is 0 Å². The zero-order valence-corrected chi connectivity index (χ0v) is 20.1. The predicted molar refractivity (Wildman–Crippen MR) is 134 cm³/mol. The van der Waals surface area contributed by atoms with Crippen LogP contribution in [0.2, 0.25) is 0 Å². The van der Waals surface area contributed by atoms with Gasteiger partial charge in [-0.15, -0.1) is 10.2 Å². The van der Waals surface area contributed by atoms with Gasteiger partial charge in [-0.3, -0.25) is 9.36 Å². The highest BCUT2D eigenvalue weighted by atomic mass is 32.2. The maximum absolute atomic E-state index is 13.0. The van der Waals surface area contributed by atoms with Gasteiger partial charge in [0, 0.05) is 18.8 Å². The summed E-state index contributed by atoms with van der Waals surface area (Å²) in [7, 11) is 0. The molecule has 1 aliphatic heterocycles. The molecule has 0 spiro atoms. The zero-order chi connectivity index (χ0) is 23.3. The maximum atomic E-state index is 13.0. The Kier molecular flexibility index (Phi) is 6.81. The molecule has 4 aromatic rings. The minimum atomic E-state index is 0.154. The van der Waals surface area contributed by atoms with Gasteiger partial charge in [0.1, 0.15) is 0 Å². The highest BCUT2D eigenvalue weighted by molar-refractivity contribution is 7.99. The van der Waals surface area contributed by atoms with Gasteiger partial charge in [-0.25, -0.2) is 0 Å². The summed E-state index contributed by atoms with van der Waals surface area (Å²) in [5.41, 5.74) is 3.50. The van der Waals surface area contributed by atoms with Gasteiger partial charge in [0.2, 0.25) is 11.7 Å². The summed E-state index contributed by atoms with van der Waals surface area (Å²) in [6.45, 7) is 3.69. The Morgan fingerprint density at radius 2 is 1.76 bits per heavy atom. The number of carbonyl (C=O) groups excluding carboxylic acids is 1. The second kappa shape index (κ2) is 10.3. The number of nitrogens with zero attached hydrogens (tertiary/aromatic N) is 4. The Bertz CT molecular complexity index is 1210.